The number of hydrogen-bond acceptors (Lipinski definition) is 4. The molecule has 1 aliphatic rings. The van der Waals surface area contributed by atoms with Gasteiger partial charge in [0.15, 0.2) is 0 Å². The van der Waals surface area contributed by atoms with E-state index < -0.39 is 11.4 Å². The second-order valence-electron chi connectivity index (χ2n) is 6.45. The quantitative estimate of drug-likeness (QED) is 0.495. The molecule has 26 heavy (non-hydrogen) atoms. The van der Waals surface area contributed by atoms with Crippen molar-refractivity contribution in [2.75, 3.05) is 19.7 Å². The molecule has 2 heterocycles. The van der Waals surface area contributed by atoms with Gasteiger partial charge in [-0.3, -0.25) is 9.69 Å². The molecule has 1 aromatic carbocycles. The minimum atomic E-state index is -0.633. The van der Waals surface area contributed by atoms with Gasteiger partial charge in [0.1, 0.15) is 11.4 Å². The third-order valence-corrected chi connectivity index (χ3v) is 5.76. The van der Waals surface area contributed by atoms with Crippen molar-refractivity contribution in [3.8, 4) is 0 Å². The first-order valence-electron chi connectivity index (χ1n) is 8.89. The van der Waals surface area contributed by atoms with Gasteiger partial charge in [-0.1, -0.05) is 6.92 Å². The number of esters is 1. The first-order valence-corrected chi connectivity index (χ1v) is 9.97. The van der Waals surface area contributed by atoms with Crippen molar-refractivity contribution in [1.29, 1.82) is 0 Å². The number of pyridine rings is 1. The lowest BCUT2D eigenvalue weighted by Crippen LogP contribution is -2.33. The first kappa shape index (κ1) is 19.3. The Balaban J connectivity index is 2.15. The number of carbonyl (C=O) groups excluding carboxylic acids is 1. The van der Waals surface area contributed by atoms with Crippen LogP contribution in [0.15, 0.2) is 23.1 Å². The highest BCUT2D eigenvalue weighted by Gasteiger charge is 2.25. The van der Waals surface area contributed by atoms with Crippen molar-refractivity contribution >= 4 is 39.5 Å². The average molecular weight is 472 g/mol. The molecule has 1 aromatic heterocycles. The van der Waals surface area contributed by atoms with E-state index in [4.69, 9.17) is 4.74 Å². The smallest absolute Gasteiger partial charge is 0.343 e. The van der Waals surface area contributed by atoms with E-state index >= 15 is 0 Å². The number of fused-ring (bicyclic) bond motifs is 1. The van der Waals surface area contributed by atoms with Crippen LogP contribution in [0.4, 0.5) is 4.39 Å². The molecule has 3 rings (SSSR count). The van der Waals surface area contributed by atoms with Crippen LogP contribution in [0.25, 0.3) is 10.9 Å². The molecular formula is C19H22FIN2O3. The van der Waals surface area contributed by atoms with Gasteiger partial charge in [0.2, 0.25) is 5.43 Å². The van der Waals surface area contributed by atoms with Crippen molar-refractivity contribution in [3.05, 3.63) is 43.5 Å². The van der Waals surface area contributed by atoms with Crippen molar-refractivity contribution in [2.45, 2.75) is 39.3 Å². The summed E-state index contributed by atoms with van der Waals surface area (Å²) in [7, 11) is 0. The molecular weight excluding hydrogens is 450 g/mol. The maximum Gasteiger partial charge on any atom is 0.343 e. The van der Waals surface area contributed by atoms with Crippen molar-refractivity contribution in [2.24, 2.45) is 0 Å². The number of rotatable bonds is 5. The number of hydrogen-bond donors (Lipinski definition) is 0. The number of ether oxygens (including phenoxy) is 1. The molecule has 1 aliphatic heterocycles. The summed E-state index contributed by atoms with van der Waals surface area (Å²) in [6.07, 6.45) is 3.69. The summed E-state index contributed by atoms with van der Waals surface area (Å²) >= 11 is 1.86. The zero-order valence-electron chi connectivity index (χ0n) is 14.9. The highest BCUT2D eigenvalue weighted by atomic mass is 127. The molecule has 0 saturated carbocycles. The lowest BCUT2D eigenvalue weighted by molar-refractivity contribution is 0.0524. The number of carbonyl (C=O) groups is 1. The number of nitrogens with zero attached hydrogens (tertiary/aromatic N) is 2. The van der Waals surface area contributed by atoms with Gasteiger partial charge in [-0.25, -0.2) is 9.18 Å². The standard InChI is InChI=1S/C19H22FIN2O3/c1-3-22-7-5-6-12(22)10-23-11-14(19(25)26-4-2)18(24)13-8-16(21)15(20)9-17(13)23/h8-9,11-12H,3-7,10H2,1-2H3. The normalized spacial score (nSPS) is 17.8. The molecule has 0 N–H and O–H groups in total. The molecule has 1 atom stereocenters. The number of benzene rings is 1. The first-order chi connectivity index (χ1) is 12.5. The van der Waals surface area contributed by atoms with Gasteiger partial charge in [0.25, 0.3) is 0 Å². The van der Waals surface area contributed by atoms with Crippen LogP contribution in [0.2, 0.25) is 0 Å². The van der Waals surface area contributed by atoms with E-state index in [0.29, 0.717) is 27.1 Å². The van der Waals surface area contributed by atoms with Gasteiger partial charge in [0, 0.05) is 27.7 Å². The maximum atomic E-state index is 14.2. The highest BCUT2D eigenvalue weighted by Crippen LogP contribution is 2.23. The largest absolute Gasteiger partial charge is 0.462 e. The fourth-order valence-corrected chi connectivity index (χ4v) is 4.10. The van der Waals surface area contributed by atoms with Gasteiger partial charge >= 0.3 is 5.97 Å². The predicted octanol–water partition coefficient (Wildman–Crippen LogP) is 3.41. The minimum absolute atomic E-state index is 0.00260. The van der Waals surface area contributed by atoms with Crippen LogP contribution in [0.3, 0.4) is 0 Å². The van der Waals surface area contributed by atoms with Crippen molar-refractivity contribution in [3.63, 3.8) is 0 Å². The summed E-state index contributed by atoms with van der Waals surface area (Å²) in [5.74, 6) is -1.000. The number of aromatic nitrogens is 1. The van der Waals surface area contributed by atoms with Crippen LogP contribution in [0, 0.1) is 9.39 Å². The summed E-state index contributed by atoms with van der Waals surface area (Å²) in [6.45, 7) is 6.61. The fraction of sp³-hybridized carbons (Fsp3) is 0.474. The maximum absolute atomic E-state index is 14.2. The average Bonchev–Trinajstić information content (AvgIpc) is 3.06. The Morgan fingerprint density at radius 1 is 1.38 bits per heavy atom. The summed E-state index contributed by atoms with van der Waals surface area (Å²) < 4.78 is 21.4. The number of likely N-dealkylation sites (N-methyl/N-ethyl adjacent to an activating group) is 1. The summed E-state index contributed by atoms with van der Waals surface area (Å²) in [5, 5.41) is 0.349. The van der Waals surface area contributed by atoms with Crippen molar-refractivity contribution in [1.82, 2.24) is 9.47 Å². The molecule has 2 aromatic rings. The van der Waals surface area contributed by atoms with Crippen LogP contribution < -0.4 is 5.43 Å². The second-order valence-corrected chi connectivity index (χ2v) is 7.62. The number of likely N-dealkylation sites (tertiary alicyclic amines) is 1. The zero-order valence-corrected chi connectivity index (χ0v) is 17.1. The molecule has 5 nitrogen and oxygen atoms in total. The monoisotopic (exact) mass is 472 g/mol. The van der Waals surface area contributed by atoms with E-state index in [1.807, 2.05) is 27.2 Å². The topological polar surface area (TPSA) is 51.5 Å². The third kappa shape index (κ3) is 3.64. The minimum Gasteiger partial charge on any atom is -0.462 e. The molecule has 0 aliphatic carbocycles. The van der Waals surface area contributed by atoms with Gasteiger partial charge in [-0.05, 0) is 67.6 Å². The Morgan fingerprint density at radius 3 is 2.85 bits per heavy atom. The molecule has 1 fully saturated rings. The van der Waals surface area contributed by atoms with Crippen LogP contribution in [0.1, 0.15) is 37.0 Å². The van der Waals surface area contributed by atoms with E-state index in [9.17, 15) is 14.0 Å². The Kier molecular flexibility index (Phi) is 5.96. The van der Waals surface area contributed by atoms with Gasteiger partial charge in [-0.2, -0.15) is 0 Å². The summed E-state index contributed by atoms with van der Waals surface area (Å²) in [6, 6.07) is 3.21. The van der Waals surface area contributed by atoms with E-state index in [2.05, 4.69) is 11.8 Å². The SMILES string of the molecule is CCOC(=O)c1cn(CC2CCCN2CC)c2cc(F)c(I)cc2c1=O. The fourth-order valence-electron chi connectivity index (χ4n) is 3.64. The van der Waals surface area contributed by atoms with Gasteiger partial charge < -0.3 is 9.30 Å². The van der Waals surface area contributed by atoms with Crippen LogP contribution in [-0.4, -0.2) is 41.2 Å². The molecule has 0 amide bonds. The predicted molar refractivity (Wildman–Crippen MR) is 107 cm³/mol. The second kappa shape index (κ2) is 8.04. The Morgan fingerprint density at radius 2 is 2.15 bits per heavy atom. The van der Waals surface area contributed by atoms with E-state index in [1.165, 1.54) is 18.3 Å². The zero-order chi connectivity index (χ0) is 18.8. The van der Waals surface area contributed by atoms with Crippen LogP contribution >= 0.6 is 22.6 Å². The van der Waals surface area contributed by atoms with Crippen LogP contribution in [-0.2, 0) is 11.3 Å². The Bertz CT molecular complexity index is 896. The van der Waals surface area contributed by atoms with E-state index in [0.717, 1.165) is 25.9 Å². The molecule has 1 saturated heterocycles. The molecule has 140 valence electrons. The highest BCUT2D eigenvalue weighted by molar-refractivity contribution is 14.1. The molecule has 0 radical (unpaired) electrons. The van der Waals surface area contributed by atoms with Crippen LogP contribution in [0.5, 0.6) is 0 Å². The lowest BCUT2D eigenvalue weighted by atomic mass is 10.1. The Labute approximate surface area is 165 Å². The third-order valence-electron chi connectivity index (χ3n) is 4.93. The van der Waals surface area contributed by atoms with E-state index in [1.54, 1.807) is 6.92 Å². The van der Waals surface area contributed by atoms with E-state index in [-0.39, 0.29) is 18.0 Å². The molecule has 7 heteroatoms. The molecule has 0 bridgehead atoms. The molecule has 0 spiro atoms. The van der Waals surface area contributed by atoms with Gasteiger partial charge in [-0.15, -0.1) is 0 Å². The molecule has 1 unspecified atom stereocenters. The number of halogens is 2. The Hall–Kier alpha value is -1.48. The van der Waals surface area contributed by atoms with Crippen molar-refractivity contribution < 1.29 is 13.9 Å². The van der Waals surface area contributed by atoms with Gasteiger partial charge in [0.05, 0.1) is 12.1 Å². The lowest BCUT2D eigenvalue weighted by Gasteiger charge is -2.25. The summed E-state index contributed by atoms with van der Waals surface area (Å²) in [4.78, 5) is 27.4. The summed E-state index contributed by atoms with van der Waals surface area (Å²) in [5.41, 5.74) is 0.109.